The Bertz CT molecular complexity index is 1370. The van der Waals surface area contributed by atoms with Crippen LogP contribution in [0.15, 0.2) is 71.3 Å². The average Bonchev–Trinajstić information content (AvgIpc) is 3.34. The molecule has 1 amide bonds. The van der Waals surface area contributed by atoms with Crippen LogP contribution in [0, 0.1) is 18.6 Å². The van der Waals surface area contributed by atoms with E-state index in [9.17, 15) is 18.4 Å². The Morgan fingerprint density at radius 3 is 2.57 bits per heavy atom. The summed E-state index contributed by atoms with van der Waals surface area (Å²) < 4.78 is 43.2. The Balaban J connectivity index is 1.36. The fourth-order valence-corrected chi connectivity index (χ4v) is 3.02. The van der Waals surface area contributed by atoms with Gasteiger partial charge in [0.25, 0.3) is 11.8 Å². The molecule has 0 aliphatic carbocycles. The summed E-state index contributed by atoms with van der Waals surface area (Å²) in [6, 6.07) is 16.4. The quantitative estimate of drug-likeness (QED) is 0.366. The third-order valence-electron chi connectivity index (χ3n) is 4.84. The van der Waals surface area contributed by atoms with E-state index in [2.05, 4.69) is 15.5 Å². The predicted octanol–water partition coefficient (Wildman–Crippen LogP) is 4.70. The molecule has 3 aromatic carbocycles. The van der Waals surface area contributed by atoms with Crippen molar-refractivity contribution in [2.24, 2.45) is 0 Å². The van der Waals surface area contributed by atoms with Gasteiger partial charge in [0.2, 0.25) is 5.82 Å². The monoisotopic (exact) mass is 479 g/mol. The molecule has 0 spiro atoms. The number of benzene rings is 3. The lowest BCUT2D eigenvalue weighted by Gasteiger charge is -2.11. The second-order valence-electron chi connectivity index (χ2n) is 7.36. The number of hydrogen-bond acceptors (Lipinski definition) is 7. The average molecular weight is 479 g/mol. The fraction of sp³-hybridized carbons (Fsp3) is 0.120. The van der Waals surface area contributed by atoms with Crippen LogP contribution in [0.1, 0.15) is 21.8 Å². The second kappa shape index (κ2) is 10.6. The molecule has 0 bridgehead atoms. The van der Waals surface area contributed by atoms with E-state index in [1.54, 1.807) is 37.3 Å². The molecule has 4 rings (SSSR count). The van der Waals surface area contributed by atoms with Gasteiger partial charge in [-0.25, -0.2) is 13.6 Å². The highest BCUT2D eigenvalue weighted by Crippen LogP contribution is 2.22. The van der Waals surface area contributed by atoms with Crippen molar-refractivity contribution in [3.05, 3.63) is 95.4 Å². The van der Waals surface area contributed by atoms with E-state index in [-0.39, 0.29) is 35.3 Å². The van der Waals surface area contributed by atoms with Gasteiger partial charge in [0.1, 0.15) is 22.9 Å². The van der Waals surface area contributed by atoms with Crippen LogP contribution in [0.25, 0.3) is 11.4 Å². The lowest BCUT2D eigenvalue weighted by molar-refractivity contribution is -0.118. The summed E-state index contributed by atoms with van der Waals surface area (Å²) in [5.41, 5.74) is 0.978. The number of hydrogen-bond donors (Lipinski definition) is 1. The normalized spacial score (nSPS) is 10.6. The summed E-state index contributed by atoms with van der Waals surface area (Å²) in [6.07, 6.45) is 0. The highest BCUT2D eigenvalue weighted by molar-refractivity contribution is 5.94. The number of para-hydroxylation sites is 2. The third kappa shape index (κ3) is 5.85. The smallest absolute Gasteiger partial charge is 0.342 e. The van der Waals surface area contributed by atoms with E-state index < -0.39 is 30.1 Å². The largest absolute Gasteiger partial charge is 0.483 e. The number of carbonyl (C=O) groups excluding carboxylic acids is 2. The molecule has 10 heteroatoms. The van der Waals surface area contributed by atoms with Gasteiger partial charge in [0.15, 0.2) is 13.2 Å². The summed E-state index contributed by atoms with van der Waals surface area (Å²) >= 11 is 0. The molecule has 0 saturated heterocycles. The van der Waals surface area contributed by atoms with Crippen molar-refractivity contribution in [2.45, 2.75) is 13.5 Å². The van der Waals surface area contributed by atoms with Crippen molar-refractivity contribution >= 4 is 17.6 Å². The number of nitrogens with zero attached hydrogens (tertiary/aromatic N) is 2. The Hall–Kier alpha value is -4.60. The molecule has 4 aromatic rings. The van der Waals surface area contributed by atoms with Crippen molar-refractivity contribution < 1.29 is 32.4 Å². The van der Waals surface area contributed by atoms with Crippen molar-refractivity contribution in [3.8, 4) is 17.1 Å². The van der Waals surface area contributed by atoms with Gasteiger partial charge in [-0.15, -0.1) is 0 Å². The van der Waals surface area contributed by atoms with Gasteiger partial charge in [-0.05, 0) is 42.8 Å². The van der Waals surface area contributed by atoms with E-state index in [1.807, 2.05) is 0 Å². The first kappa shape index (κ1) is 23.6. The van der Waals surface area contributed by atoms with Gasteiger partial charge in [-0.2, -0.15) is 4.98 Å². The van der Waals surface area contributed by atoms with Crippen LogP contribution in [-0.2, 0) is 16.1 Å². The first-order valence-corrected chi connectivity index (χ1v) is 10.4. The number of amides is 1. The van der Waals surface area contributed by atoms with Crippen molar-refractivity contribution in [3.63, 3.8) is 0 Å². The van der Waals surface area contributed by atoms with Gasteiger partial charge in [-0.1, -0.05) is 41.6 Å². The number of aryl methyl sites for hydroxylation is 1. The number of ether oxygens (including phenoxy) is 2. The minimum atomic E-state index is -0.753. The summed E-state index contributed by atoms with van der Waals surface area (Å²) in [6.45, 7) is 0.846. The highest BCUT2D eigenvalue weighted by atomic mass is 19.1. The molecule has 0 radical (unpaired) electrons. The van der Waals surface area contributed by atoms with Crippen LogP contribution in [0.3, 0.4) is 0 Å². The predicted molar refractivity (Wildman–Crippen MR) is 121 cm³/mol. The molecule has 0 unspecified atom stereocenters. The first-order valence-electron chi connectivity index (χ1n) is 10.4. The van der Waals surface area contributed by atoms with Gasteiger partial charge < -0.3 is 19.3 Å². The number of esters is 1. The maximum Gasteiger partial charge on any atom is 0.342 e. The standard InChI is InChI=1S/C25H19F2N3O5/c1-15-10-11-16(12-19(15)27)24-29-23(35-30-24)14-34-25(32)17-6-2-5-9-21(17)33-13-22(31)28-20-8-4-3-7-18(20)26/h2-12H,13-14H2,1H3,(H,28,31). The summed E-state index contributed by atoms with van der Waals surface area (Å²) in [4.78, 5) is 28.8. The Kier molecular flexibility index (Phi) is 7.10. The lowest BCUT2D eigenvalue weighted by Crippen LogP contribution is -2.21. The minimum Gasteiger partial charge on any atom is -0.483 e. The zero-order chi connectivity index (χ0) is 24.8. The molecule has 178 valence electrons. The SMILES string of the molecule is Cc1ccc(-c2noc(COC(=O)c3ccccc3OCC(=O)Nc3ccccc3F)n2)cc1F. The zero-order valence-corrected chi connectivity index (χ0v) is 18.5. The van der Waals surface area contributed by atoms with E-state index in [4.69, 9.17) is 14.0 Å². The summed E-state index contributed by atoms with van der Waals surface area (Å²) in [5, 5.41) is 6.17. The Morgan fingerprint density at radius 1 is 1.00 bits per heavy atom. The molecule has 0 aliphatic rings. The van der Waals surface area contributed by atoms with Gasteiger partial charge >= 0.3 is 5.97 Å². The summed E-state index contributed by atoms with van der Waals surface area (Å²) in [5.74, 6) is -2.08. The van der Waals surface area contributed by atoms with Crippen molar-refractivity contribution in [2.75, 3.05) is 11.9 Å². The molecule has 8 nitrogen and oxygen atoms in total. The van der Waals surface area contributed by atoms with Crippen molar-refractivity contribution in [1.82, 2.24) is 10.1 Å². The lowest BCUT2D eigenvalue weighted by atomic mass is 10.1. The molecular weight excluding hydrogens is 460 g/mol. The fourth-order valence-electron chi connectivity index (χ4n) is 3.02. The highest BCUT2D eigenvalue weighted by Gasteiger charge is 2.17. The minimum absolute atomic E-state index is 0.0111. The topological polar surface area (TPSA) is 104 Å². The molecular formula is C25H19F2N3O5. The molecule has 0 aliphatic heterocycles. The molecule has 1 N–H and O–H groups in total. The molecule has 0 fully saturated rings. The van der Waals surface area contributed by atoms with Crippen LogP contribution >= 0.6 is 0 Å². The van der Waals surface area contributed by atoms with Crippen molar-refractivity contribution in [1.29, 1.82) is 0 Å². The van der Waals surface area contributed by atoms with Crippen LogP contribution in [-0.4, -0.2) is 28.6 Å². The van der Waals surface area contributed by atoms with Crippen LogP contribution < -0.4 is 10.1 Å². The molecule has 0 atom stereocenters. The Labute approximate surface area is 198 Å². The molecule has 35 heavy (non-hydrogen) atoms. The van der Waals surface area contributed by atoms with Crippen LogP contribution in [0.2, 0.25) is 0 Å². The van der Waals surface area contributed by atoms with E-state index >= 15 is 0 Å². The number of halogens is 2. The van der Waals surface area contributed by atoms with Crippen LogP contribution in [0.4, 0.5) is 14.5 Å². The number of carbonyl (C=O) groups is 2. The van der Waals surface area contributed by atoms with Gasteiger partial charge in [0, 0.05) is 5.56 Å². The van der Waals surface area contributed by atoms with E-state index in [0.717, 1.165) is 0 Å². The number of nitrogens with one attached hydrogen (secondary N) is 1. The van der Waals surface area contributed by atoms with E-state index in [0.29, 0.717) is 11.1 Å². The Morgan fingerprint density at radius 2 is 1.77 bits per heavy atom. The van der Waals surface area contributed by atoms with Gasteiger partial charge in [-0.3, -0.25) is 4.79 Å². The third-order valence-corrected chi connectivity index (χ3v) is 4.84. The second-order valence-corrected chi connectivity index (χ2v) is 7.36. The summed E-state index contributed by atoms with van der Waals surface area (Å²) in [7, 11) is 0. The molecule has 0 saturated carbocycles. The zero-order valence-electron chi connectivity index (χ0n) is 18.5. The maximum atomic E-state index is 13.8. The van der Waals surface area contributed by atoms with Crippen LogP contribution in [0.5, 0.6) is 5.75 Å². The molecule has 1 aromatic heterocycles. The van der Waals surface area contributed by atoms with Gasteiger partial charge in [0.05, 0.1) is 5.69 Å². The first-order chi connectivity index (χ1) is 16.9. The maximum absolute atomic E-state index is 13.8. The number of anilines is 1. The molecule has 1 heterocycles. The number of aromatic nitrogens is 2. The van der Waals surface area contributed by atoms with E-state index in [1.165, 1.54) is 36.4 Å². The number of rotatable bonds is 8.